The van der Waals surface area contributed by atoms with Crippen molar-refractivity contribution in [3.05, 3.63) is 81.7 Å². The van der Waals surface area contributed by atoms with Crippen LogP contribution in [0.5, 0.6) is 0 Å². The predicted molar refractivity (Wildman–Crippen MR) is 134 cm³/mol. The number of rotatable bonds is 9. The molecule has 0 aromatic heterocycles. The summed E-state index contributed by atoms with van der Waals surface area (Å²) in [6.45, 7) is 0.668. The number of nitrogens with zero attached hydrogens (tertiary/aromatic N) is 3. The smallest absolute Gasteiger partial charge is 0.251 e. The van der Waals surface area contributed by atoms with Gasteiger partial charge in [-0.2, -0.15) is 0 Å². The van der Waals surface area contributed by atoms with E-state index in [0.717, 1.165) is 48.1 Å². The molecule has 0 aliphatic heterocycles. The average Bonchev–Trinajstić information content (AvgIpc) is 2.86. The monoisotopic (exact) mass is 471 g/mol. The Labute approximate surface area is 206 Å². The maximum Gasteiger partial charge on any atom is 0.251 e. The fourth-order valence-electron chi connectivity index (χ4n) is 7.00. The van der Waals surface area contributed by atoms with Crippen LogP contribution in [0, 0.1) is 23.2 Å². The first-order valence-corrected chi connectivity index (χ1v) is 12.8. The van der Waals surface area contributed by atoms with E-state index in [-0.39, 0.29) is 29.8 Å². The molecule has 2 amide bonds. The molecule has 2 aromatic rings. The number of carbonyl (C=O) groups is 2. The highest BCUT2D eigenvalue weighted by Gasteiger charge is 2.54. The number of benzene rings is 2. The van der Waals surface area contributed by atoms with Crippen molar-refractivity contribution < 1.29 is 9.59 Å². The first kappa shape index (κ1) is 23.4. The van der Waals surface area contributed by atoms with Gasteiger partial charge in [0.1, 0.15) is 0 Å². The Morgan fingerprint density at radius 1 is 0.943 bits per heavy atom. The minimum Gasteiger partial charge on any atom is -0.352 e. The van der Waals surface area contributed by atoms with Crippen LogP contribution in [0.1, 0.15) is 60.0 Å². The van der Waals surface area contributed by atoms with E-state index in [1.165, 1.54) is 19.3 Å². The lowest BCUT2D eigenvalue weighted by molar-refractivity contribution is -0.146. The molecule has 0 heterocycles. The van der Waals surface area contributed by atoms with Gasteiger partial charge in [0.05, 0.1) is 0 Å². The number of hydrogen-bond acceptors (Lipinski definition) is 3. The second-order valence-corrected chi connectivity index (χ2v) is 10.9. The third-order valence-corrected chi connectivity index (χ3v) is 8.21. The van der Waals surface area contributed by atoms with Gasteiger partial charge in [0.15, 0.2) is 0 Å². The van der Waals surface area contributed by atoms with Gasteiger partial charge in [-0.1, -0.05) is 47.6 Å². The summed E-state index contributed by atoms with van der Waals surface area (Å²) in [5.74, 6) is 2.25. The van der Waals surface area contributed by atoms with E-state index in [0.29, 0.717) is 18.5 Å². The number of nitrogens with one attached hydrogen (secondary N) is 2. The maximum atomic E-state index is 13.2. The van der Waals surface area contributed by atoms with Crippen molar-refractivity contribution in [2.45, 2.75) is 57.5 Å². The summed E-state index contributed by atoms with van der Waals surface area (Å²) in [5, 5.41) is 9.85. The molecule has 2 aromatic carbocycles. The maximum absolute atomic E-state index is 13.2. The van der Waals surface area contributed by atoms with Gasteiger partial charge in [-0.3, -0.25) is 9.59 Å². The van der Waals surface area contributed by atoms with E-state index in [9.17, 15) is 9.59 Å². The predicted octanol–water partition coefficient (Wildman–Crippen LogP) is 5.17. The summed E-state index contributed by atoms with van der Waals surface area (Å²) in [4.78, 5) is 28.9. The molecule has 35 heavy (non-hydrogen) atoms. The van der Waals surface area contributed by atoms with E-state index >= 15 is 0 Å². The standard InChI is InChI=1S/C28H33N5O2/c29-33-31-18-25(13-19-4-2-1-3-5-19)32-26(34)24-8-6-20(7-9-24)17-30-27(35)28-14-21-10-22(15-28)12-23(11-21)16-28/h1-9,21-23,25H,10-18H2,(H,30,35)(H,32,34)/t21?,22?,23?,25-,28?/m0/s1. The van der Waals surface area contributed by atoms with Crippen LogP contribution >= 0.6 is 0 Å². The third kappa shape index (κ3) is 5.35. The largest absolute Gasteiger partial charge is 0.352 e. The first-order valence-electron chi connectivity index (χ1n) is 12.8. The molecule has 4 fully saturated rings. The van der Waals surface area contributed by atoms with Crippen LogP contribution in [0.15, 0.2) is 59.7 Å². The van der Waals surface area contributed by atoms with E-state index in [1.807, 2.05) is 42.5 Å². The van der Waals surface area contributed by atoms with Gasteiger partial charge in [-0.05, 0) is 91.5 Å². The molecular formula is C28H33N5O2. The molecule has 4 aliphatic carbocycles. The van der Waals surface area contributed by atoms with Crippen LogP contribution in [0.3, 0.4) is 0 Å². The van der Waals surface area contributed by atoms with Crippen molar-refractivity contribution in [2.24, 2.45) is 28.3 Å². The summed E-state index contributed by atoms with van der Waals surface area (Å²) in [5.41, 5.74) is 11.2. The minimum atomic E-state index is -0.292. The number of carbonyl (C=O) groups excluding carboxylic acids is 2. The molecule has 4 bridgehead atoms. The molecule has 4 aliphatic rings. The average molecular weight is 472 g/mol. The normalized spacial score (nSPS) is 27.0. The van der Waals surface area contributed by atoms with Gasteiger partial charge in [0.25, 0.3) is 5.91 Å². The van der Waals surface area contributed by atoms with Crippen LogP contribution in [0.2, 0.25) is 0 Å². The molecule has 7 nitrogen and oxygen atoms in total. The van der Waals surface area contributed by atoms with Crippen molar-refractivity contribution in [3.8, 4) is 0 Å². The third-order valence-electron chi connectivity index (χ3n) is 8.21. The summed E-state index contributed by atoms with van der Waals surface area (Å²) in [7, 11) is 0. The highest BCUT2D eigenvalue weighted by atomic mass is 16.2. The lowest BCUT2D eigenvalue weighted by Crippen LogP contribution is -2.53. The number of azide groups is 1. The topological polar surface area (TPSA) is 107 Å². The lowest BCUT2D eigenvalue weighted by atomic mass is 9.49. The zero-order chi connectivity index (χ0) is 24.3. The number of amides is 2. The van der Waals surface area contributed by atoms with Crippen LogP contribution in [0.4, 0.5) is 0 Å². The van der Waals surface area contributed by atoms with E-state index in [1.54, 1.807) is 12.1 Å². The summed E-state index contributed by atoms with van der Waals surface area (Å²) in [6, 6.07) is 16.9. The second-order valence-electron chi connectivity index (χ2n) is 10.9. The molecule has 0 radical (unpaired) electrons. The minimum absolute atomic E-state index is 0.145. The van der Waals surface area contributed by atoms with E-state index < -0.39 is 0 Å². The number of hydrogen-bond donors (Lipinski definition) is 2. The van der Waals surface area contributed by atoms with Gasteiger partial charge < -0.3 is 10.6 Å². The quantitative estimate of drug-likeness (QED) is 0.299. The van der Waals surface area contributed by atoms with Crippen molar-refractivity contribution in [1.29, 1.82) is 0 Å². The Balaban J connectivity index is 1.16. The van der Waals surface area contributed by atoms with E-state index in [2.05, 4.69) is 20.7 Å². The lowest BCUT2D eigenvalue weighted by Gasteiger charge is -2.55. The van der Waals surface area contributed by atoms with Gasteiger partial charge >= 0.3 is 0 Å². The molecule has 4 saturated carbocycles. The highest BCUT2D eigenvalue weighted by molar-refractivity contribution is 5.94. The van der Waals surface area contributed by atoms with Gasteiger partial charge in [0, 0.05) is 35.0 Å². The Morgan fingerprint density at radius 3 is 2.17 bits per heavy atom. The fraction of sp³-hybridized carbons (Fsp3) is 0.500. The molecule has 6 rings (SSSR count). The Hall–Kier alpha value is -3.31. The first-order chi connectivity index (χ1) is 17.0. The molecular weight excluding hydrogens is 438 g/mol. The molecule has 7 heteroatoms. The Bertz CT molecular complexity index is 1070. The summed E-state index contributed by atoms with van der Waals surface area (Å²) >= 11 is 0. The van der Waals surface area contributed by atoms with Gasteiger partial charge in [0.2, 0.25) is 5.91 Å². The van der Waals surface area contributed by atoms with Crippen molar-refractivity contribution in [1.82, 2.24) is 10.6 Å². The molecule has 182 valence electrons. The van der Waals surface area contributed by atoms with Crippen LogP contribution in [0.25, 0.3) is 10.4 Å². The van der Waals surface area contributed by atoms with Gasteiger partial charge in [-0.25, -0.2) is 0 Å². The molecule has 0 spiro atoms. The van der Waals surface area contributed by atoms with Crippen LogP contribution < -0.4 is 10.6 Å². The zero-order valence-corrected chi connectivity index (χ0v) is 20.0. The molecule has 2 N–H and O–H groups in total. The van der Waals surface area contributed by atoms with Crippen molar-refractivity contribution >= 4 is 11.8 Å². The zero-order valence-electron chi connectivity index (χ0n) is 20.0. The summed E-state index contributed by atoms with van der Waals surface area (Å²) in [6.07, 6.45) is 7.74. The molecule has 0 unspecified atom stereocenters. The van der Waals surface area contributed by atoms with Gasteiger partial charge in [-0.15, -0.1) is 0 Å². The van der Waals surface area contributed by atoms with Crippen LogP contribution in [-0.4, -0.2) is 24.4 Å². The van der Waals surface area contributed by atoms with Crippen molar-refractivity contribution in [2.75, 3.05) is 6.54 Å². The Morgan fingerprint density at radius 2 is 1.57 bits per heavy atom. The molecule has 0 saturated heterocycles. The Kier molecular flexibility index (Phi) is 6.78. The van der Waals surface area contributed by atoms with Crippen molar-refractivity contribution in [3.63, 3.8) is 0 Å². The van der Waals surface area contributed by atoms with E-state index in [4.69, 9.17) is 5.53 Å². The fourth-order valence-corrected chi connectivity index (χ4v) is 7.00. The van der Waals surface area contributed by atoms with Crippen LogP contribution in [-0.2, 0) is 17.8 Å². The second kappa shape index (κ2) is 10.1. The molecule has 1 atom stereocenters. The summed E-state index contributed by atoms with van der Waals surface area (Å²) < 4.78 is 0. The SMILES string of the molecule is [N-]=[N+]=NC[C@H](Cc1ccccc1)NC(=O)c1ccc(CNC(=O)C23CC4CC(CC(C4)C2)C3)cc1. The highest BCUT2D eigenvalue weighted by Crippen LogP contribution is 2.60.